The highest BCUT2D eigenvalue weighted by molar-refractivity contribution is 6.06. The molecule has 0 aliphatic carbocycles. The molecule has 0 N–H and O–H groups in total. The standard InChI is InChI=1S/C15H12O/c16-15(14-9-5-2-6-10-14)12-11-13-7-3-1-4-8-13/h1-12H/b12-11+/i1+1,3+1,4+1,7+1,8+1,13+1. The zero-order chi connectivity index (χ0) is 11.2. The molecule has 2 rings (SSSR count). The number of rotatable bonds is 3. The van der Waals surface area contributed by atoms with Crippen molar-refractivity contribution in [2.45, 2.75) is 0 Å². The molecule has 0 aromatic heterocycles. The molecule has 2 aromatic carbocycles. The predicted octanol–water partition coefficient (Wildman–Crippen LogP) is 3.58. The number of carbonyl (C=O) groups is 1. The highest BCUT2D eigenvalue weighted by Gasteiger charge is 1.98. The van der Waals surface area contributed by atoms with E-state index in [1.54, 1.807) is 6.08 Å². The van der Waals surface area contributed by atoms with E-state index in [2.05, 4.69) is 0 Å². The third-order valence-electron chi connectivity index (χ3n) is 2.29. The van der Waals surface area contributed by atoms with Gasteiger partial charge in [0.05, 0.1) is 0 Å². The molecule has 78 valence electrons. The van der Waals surface area contributed by atoms with Crippen molar-refractivity contribution in [2.75, 3.05) is 0 Å². The van der Waals surface area contributed by atoms with Crippen LogP contribution in [0.2, 0.25) is 0 Å². The molecular formula is C15H12O. The van der Waals surface area contributed by atoms with Gasteiger partial charge in [-0.2, -0.15) is 0 Å². The Kier molecular flexibility index (Phi) is 3.29. The molecule has 16 heavy (non-hydrogen) atoms. The van der Waals surface area contributed by atoms with Crippen LogP contribution in [0.5, 0.6) is 0 Å². The zero-order valence-electron chi connectivity index (χ0n) is 8.84. The van der Waals surface area contributed by atoms with Crippen molar-refractivity contribution < 1.29 is 4.79 Å². The molecule has 0 saturated carbocycles. The van der Waals surface area contributed by atoms with Crippen molar-refractivity contribution in [2.24, 2.45) is 0 Å². The van der Waals surface area contributed by atoms with Gasteiger partial charge in [0, 0.05) is 5.56 Å². The summed E-state index contributed by atoms with van der Waals surface area (Å²) >= 11 is 0. The van der Waals surface area contributed by atoms with E-state index in [9.17, 15) is 4.79 Å². The summed E-state index contributed by atoms with van der Waals surface area (Å²) in [6.07, 6.45) is 3.43. The Balaban J connectivity index is 2.12. The van der Waals surface area contributed by atoms with Crippen LogP contribution in [0.3, 0.4) is 0 Å². The summed E-state index contributed by atoms with van der Waals surface area (Å²) in [6.45, 7) is 0. The lowest BCUT2D eigenvalue weighted by molar-refractivity contribution is 0.104. The molecule has 0 fully saturated rings. The minimum absolute atomic E-state index is 0.0319. The third-order valence-corrected chi connectivity index (χ3v) is 2.29. The maximum absolute atomic E-state index is 11.7. The molecule has 0 unspecified atom stereocenters. The van der Waals surface area contributed by atoms with Crippen LogP contribution < -0.4 is 0 Å². The van der Waals surface area contributed by atoms with Gasteiger partial charge in [-0.3, -0.25) is 4.79 Å². The average Bonchev–Trinajstić information content (AvgIpc) is 2.38. The van der Waals surface area contributed by atoms with Gasteiger partial charge < -0.3 is 0 Å². The first-order valence-corrected chi connectivity index (χ1v) is 5.19. The fourth-order valence-corrected chi connectivity index (χ4v) is 1.43. The summed E-state index contributed by atoms with van der Waals surface area (Å²) in [4.78, 5) is 11.7. The van der Waals surface area contributed by atoms with Crippen LogP contribution in [-0.4, -0.2) is 5.78 Å². The van der Waals surface area contributed by atoms with Gasteiger partial charge in [-0.05, 0) is 11.6 Å². The van der Waals surface area contributed by atoms with Gasteiger partial charge in [-0.25, -0.2) is 0 Å². The van der Waals surface area contributed by atoms with Crippen molar-refractivity contribution >= 4 is 11.9 Å². The second-order valence-corrected chi connectivity index (χ2v) is 3.47. The lowest BCUT2D eigenvalue weighted by Crippen LogP contribution is -1.92. The molecule has 0 amide bonds. The average molecular weight is 214 g/mol. The molecule has 1 heteroatoms. The largest absolute Gasteiger partial charge is 0.289 e. The Morgan fingerprint density at radius 1 is 0.812 bits per heavy atom. The third kappa shape index (κ3) is 2.67. The fraction of sp³-hybridized carbons (Fsp3) is 0. The minimum Gasteiger partial charge on any atom is -0.289 e. The Bertz CT molecular complexity index is 483. The van der Waals surface area contributed by atoms with Crippen molar-refractivity contribution in [3.05, 3.63) is 77.9 Å². The summed E-state index contributed by atoms with van der Waals surface area (Å²) < 4.78 is 0. The molecule has 0 heterocycles. The number of benzene rings is 2. The summed E-state index contributed by atoms with van der Waals surface area (Å²) in [5, 5.41) is 0. The van der Waals surface area contributed by atoms with Crippen molar-refractivity contribution in [3.63, 3.8) is 0 Å². The highest BCUT2D eigenvalue weighted by Crippen LogP contribution is 2.05. The van der Waals surface area contributed by atoms with E-state index in [0.717, 1.165) is 11.1 Å². The van der Waals surface area contributed by atoms with E-state index in [1.807, 2.05) is 66.7 Å². The molecule has 0 spiro atoms. The summed E-state index contributed by atoms with van der Waals surface area (Å²) in [5.41, 5.74) is 1.75. The van der Waals surface area contributed by atoms with Gasteiger partial charge in [0.25, 0.3) is 0 Å². The molecule has 0 atom stereocenters. The first-order chi connectivity index (χ1) is 7.86. The smallest absolute Gasteiger partial charge is 0.185 e. The van der Waals surface area contributed by atoms with Crippen LogP contribution in [0.25, 0.3) is 6.08 Å². The second-order valence-electron chi connectivity index (χ2n) is 3.47. The van der Waals surface area contributed by atoms with Gasteiger partial charge in [0.15, 0.2) is 5.78 Å². The van der Waals surface area contributed by atoms with E-state index < -0.39 is 0 Å². The summed E-state index contributed by atoms with van der Waals surface area (Å²) in [6, 6.07) is 19.1. The second kappa shape index (κ2) is 5.08. The summed E-state index contributed by atoms with van der Waals surface area (Å²) in [7, 11) is 0. The van der Waals surface area contributed by atoms with Gasteiger partial charge >= 0.3 is 0 Å². The van der Waals surface area contributed by atoms with Crippen LogP contribution in [0.4, 0.5) is 0 Å². The van der Waals surface area contributed by atoms with E-state index >= 15 is 0 Å². The Labute approximate surface area is 95.1 Å². The molecule has 0 aliphatic rings. The van der Waals surface area contributed by atoms with Crippen LogP contribution >= 0.6 is 0 Å². The molecule has 2 aromatic rings. The number of ketones is 1. The van der Waals surface area contributed by atoms with Gasteiger partial charge in [-0.15, -0.1) is 0 Å². The number of hydrogen-bond donors (Lipinski definition) is 0. The molecular weight excluding hydrogens is 202 g/mol. The number of allylic oxidation sites excluding steroid dienone is 1. The SMILES string of the molecule is O=C(/C=C/[13c]1[13cH][13cH][13cH][13cH][13cH]1)c1ccccc1. The Hall–Kier alpha value is -2.15. The van der Waals surface area contributed by atoms with Gasteiger partial charge in [0.2, 0.25) is 0 Å². The maximum atomic E-state index is 11.7. The van der Waals surface area contributed by atoms with Gasteiger partial charge in [-0.1, -0.05) is 66.7 Å². The predicted molar refractivity (Wildman–Crippen MR) is 66.2 cm³/mol. The Morgan fingerprint density at radius 3 is 2.00 bits per heavy atom. The van der Waals surface area contributed by atoms with E-state index in [1.165, 1.54) is 0 Å². The topological polar surface area (TPSA) is 17.1 Å². The molecule has 0 saturated heterocycles. The molecule has 0 bridgehead atoms. The quantitative estimate of drug-likeness (QED) is 0.563. The fourth-order valence-electron chi connectivity index (χ4n) is 1.43. The first-order valence-electron chi connectivity index (χ1n) is 5.19. The Morgan fingerprint density at radius 2 is 1.38 bits per heavy atom. The van der Waals surface area contributed by atoms with Crippen LogP contribution in [0.1, 0.15) is 15.9 Å². The van der Waals surface area contributed by atoms with Crippen molar-refractivity contribution in [3.8, 4) is 0 Å². The maximum Gasteiger partial charge on any atom is 0.185 e. The lowest BCUT2D eigenvalue weighted by Gasteiger charge is -1.94. The van der Waals surface area contributed by atoms with E-state index in [0.29, 0.717) is 0 Å². The van der Waals surface area contributed by atoms with Crippen LogP contribution in [0, 0.1) is 0 Å². The lowest BCUT2D eigenvalue weighted by atomic mass is 10.1. The first kappa shape index (κ1) is 10.4. The zero-order valence-corrected chi connectivity index (χ0v) is 8.84. The summed E-state index contributed by atoms with van der Waals surface area (Å²) in [5.74, 6) is 0.0319. The number of carbonyl (C=O) groups excluding carboxylic acids is 1. The van der Waals surface area contributed by atoms with Crippen LogP contribution in [0.15, 0.2) is 66.7 Å². The normalized spacial score (nSPS) is 10.5. The number of hydrogen-bond acceptors (Lipinski definition) is 1. The van der Waals surface area contributed by atoms with Crippen molar-refractivity contribution in [1.82, 2.24) is 0 Å². The van der Waals surface area contributed by atoms with Gasteiger partial charge in [0.1, 0.15) is 0 Å². The molecule has 1 nitrogen and oxygen atoms in total. The van der Waals surface area contributed by atoms with E-state index in [-0.39, 0.29) is 5.78 Å². The monoisotopic (exact) mass is 214 g/mol. The molecule has 0 aliphatic heterocycles. The van der Waals surface area contributed by atoms with Crippen LogP contribution in [-0.2, 0) is 0 Å². The molecule has 0 radical (unpaired) electrons. The highest BCUT2D eigenvalue weighted by atomic mass is 16.1. The van der Waals surface area contributed by atoms with Crippen molar-refractivity contribution in [1.29, 1.82) is 0 Å². The van der Waals surface area contributed by atoms with E-state index in [4.69, 9.17) is 0 Å². The minimum atomic E-state index is 0.0319.